The number of halogens is 3. The van der Waals surface area contributed by atoms with Gasteiger partial charge in [0.05, 0.1) is 11.9 Å². The Morgan fingerprint density at radius 3 is 2.23 bits per heavy atom. The van der Waals surface area contributed by atoms with Crippen LogP contribution in [0.25, 0.3) is 5.69 Å². The summed E-state index contributed by atoms with van der Waals surface area (Å²) in [5.74, 6) is -2.01. The molecule has 26 heavy (non-hydrogen) atoms. The number of hydrogen-bond acceptors (Lipinski definition) is 3. The molecule has 0 unspecified atom stereocenters. The molecular formula is C17H18F3N3O3. The number of carboxylic acids is 1. The third-order valence-corrected chi connectivity index (χ3v) is 4.00. The van der Waals surface area contributed by atoms with Crippen LogP contribution in [0.15, 0.2) is 30.5 Å². The van der Waals surface area contributed by atoms with Gasteiger partial charge in [-0.3, -0.25) is 4.79 Å². The zero-order valence-corrected chi connectivity index (χ0v) is 14.2. The number of carboxylic acid groups (broad SMARTS) is 1. The Balaban J connectivity index is 2.32. The first-order chi connectivity index (χ1) is 12.2. The van der Waals surface area contributed by atoms with Crippen molar-refractivity contribution in [3.63, 3.8) is 0 Å². The number of carbonyl (C=O) groups is 2. The zero-order valence-electron chi connectivity index (χ0n) is 14.2. The average molecular weight is 369 g/mol. The van der Waals surface area contributed by atoms with Gasteiger partial charge in [-0.15, -0.1) is 0 Å². The highest BCUT2D eigenvalue weighted by Gasteiger charge is 2.40. The number of aromatic carboxylic acids is 1. The van der Waals surface area contributed by atoms with Gasteiger partial charge >= 0.3 is 12.1 Å². The lowest BCUT2D eigenvalue weighted by molar-refractivity contribution is -0.143. The van der Waals surface area contributed by atoms with E-state index < -0.39 is 23.4 Å². The lowest BCUT2D eigenvalue weighted by atomic mass is 10.0. The Bertz CT molecular complexity index is 794. The van der Waals surface area contributed by atoms with E-state index in [1.54, 1.807) is 0 Å². The molecule has 0 aliphatic heterocycles. The summed E-state index contributed by atoms with van der Waals surface area (Å²) >= 11 is 0. The van der Waals surface area contributed by atoms with Crippen LogP contribution in [0.3, 0.4) is 0 Å². The second-order valence-electron chi connectivity index (χ2n) is 5.67. The topological polar surface area (TPSA) is 84.2 Å². The van der Waals surface area contributed by atoms with Gasteiger partial charge in [-0.05, 0) is 37.1 Å². The first-order valence-corrected chi connectivity index (χ1v) is 7.98. The van der Waals surface area contributed by atoms with E-state index in [-0.39, 0.29) is 17.5 Å². The number of nitrogens with zero attached hydrogens (tertiary/aromatic N) is 2. The Morgan fingerprint density at radius 2 is 1.77 bits per heavy atom. The summed E-state index contributed by atoms with van der Waals surface area (Å²) in [7, 11) is 0. The van der Waals surface area contributed by atoms with E-state index >= 15 is 0 Å². The second kappa shape index (κ2) is 7.59. The van der Waals surface area contributed by atoms with E-state index in [9.17, 15) is 22.8 Å². The molecule has 1 amide bonds. The van der Waals surface area contributed by atoms with Crippen molar-refractivity contribution in [1.82, 2.24) is 9.78 Å². The van der Waals surface area contributed by atoms with Gasteiger partial charge in [-0.1, -0.05) is 13.8 Å². The summed E-state index contributed by atoms with van der Waals surface area (Å²) in [6.45, 7) is 3.79. The van der Waals surface area contributed by atoms with Crippen LogP contribution in [-0.4, -0.2) is 26.8 Å². The second-order valence-corrected chi connectivity index (χ2v) is 5.67. The fraction of sp³-hybridized carbons (Fsp3) is 0.353. The zero-order chi connectivity index (χ0) is 19.5. The van der Waals surface area contributed by atoms with Gasteiger partial charge in [0, 0.05) is 11.6 Å². The molecule has 0 aliphatic carbocycles. The fourth-order valence-corrected chi connectivity index (χ4v) is 2.56. The summed E-state index contributed by atoms with van der Waals surface area (Å²) in [5, 5.41) is 15.2. The predicted molar refractivity (Wildman–Crippen MR) is 88.2 cm³/mol. The highest BCUT2D eigenvalue weighted by Crippen LogP contribution is 2.33. The van der Waals surface area contributed by atoms with Gasteiger partial charge in [0.15, 0.2) is 5.69 Å². The number of benzene rings is 1. The summed E-state index contributed by atoms with van der Waals surface area (Å²) in [5.41, 5.74) is -1.82. The Kier molecular flexibility index (Phi) is 5.69. The molecule has 0 radical (unpaired) electrons. The monoisotopic (exact) mass is 369 g/mol. The first-order valence-electron chi connectivity index (χ1n) is 7.98. The molecule has 0 saturated carbocycles. The van der Waals surface area contributed by atoms with Crippen molar-refractivity contribution in [3.8, 4) is 5.69 Å². The minimum Gasteiger partial charge on any atom is -0.478 e. The third kappa shape index (κ3) is 4.04. The lowest BCUT2D eigenvalue weighted by Crippen LogP contribution is -2.21. The van der Waals surface area contributed by atoms with E-state index in [0.29, 0.717) is 29.4 Å². The highest BCUT2D eigenvalue weighted by atomic mass is 19.4. The lowest BCUT2D eigenvalue weighted by Gasteiger charge is -2.14. The largest absolute Gasteiger partial charge is 0.478 e. The van der Waals surface area contributed by atoms with Crippen molar-refractivity contribution in [2.24, 2.45) is 5.92 Å². The molecule has 6 nitrogen and oxygen atoms in total. The van der Waals surface area contributed by atoms with Crippen LogP contribution in [0.2, 0.25) is 0 Å². The smallest absolute Gasteiger partial charge is 0.434 e. The molecule has 0 spiro atoms. The molecule has 9 heteroatoms. The normalized spacial score (nSPS) is 11.6. The van der Waals surface area contributed by atoms with Crippen molar-refractivity contribution >= 4 is 17.6 Å². The first kappa shape index (κ1) is 19.5. The number of anilines is 1. The van der Waals surface area contributed by atoms with Gasteiger partial charge in [-0.25, -0.2) is 9.48 Å². The molecule has 0 saturated heterocycles. The van der Waals surface area contributed by atoms with E-state index in [4.69, 9.17) is 5.11 Å². The molecule has 140 valence electrons. The van der Waals surface area contributed by atoms with Gasteiger partial charge in [0.2, 0.25) is 5.91 Å². The van der Waals surface area contributed by atoms with Crippen molar-refractivity contribution in [3.05, 3.63) is 41.7 Å². The van der Waals surface area contributed by atoms with Crippen LogP contribution in [0.5, 0.6) is 0 Å². The maximum Gasteiger partial charge on any atom is 0.434 e. The van der Waals surface area contributed by atoms with Gasteiger partial charge < -0.3 is 10.4 Å². The average Bonchev–Trinajstić information content (AvgIpc) is 3.02. The number of hydrogen-bond donors (Lipinski definition) is 2. The van der Waals surface area contributed by atoms with Gasteiger partial charge in [0.1, 0.15) is 5.56 Å². The summed E-state index contributed by atoms with van der Waals surface area (Å²) in [4.78, 5) is 23.1. The van der Waals surface area contributed by atoms with Crippen LogP contribution >= 0.6 is 0 Å². The molecule has 2 N–H and O–H groups in total. The standard InChI is InChI=1S/C17H18F3N3O3/c1-3-10(4-2)15(24)22-11-5-7-12(8-6-11)23-14(17(18,19)20)13(9-21-23)16(25)26/h5-10H,3-4H2,1-2H3,(H,22,24)(H,25,26). The third-order valence-electron chi connectivity index (χ3n) is 4.00. The maximum absolute atomic E-state index is 13.2. The Morgan fingerprint density at radius 1 is 1.19 bits per heavy atom. The highest BCUT2D eigenvalue weighted by molar-refractivity contribution is 5.92. The number of amides is 1. The molecular weight excluding hydrogens is 351 g/mol. The van der Waals surface area contributed by atoms with Crippen molar-refractivity contribution < 1.29 is 27.9 Å². The van der Waals surface area contributed by atoms with Crippen LogP contribution in [-0.2, 0) is 11.0 Å². The van der Waals surface area contributed by atoms with Crippen molar-refractivity contribution in [1.29, 1.82) is 0 Å². The van der Waals surface area contributed by atoms with Crippen molar-refractivity contribution in [2.45, 2.75) is 32.9 Å². The summed E-state index contributed by atoms with van der Waals surface area (Å²) < 4.78 is 40.2. The molecule has 1 aromatic heterocycles. The number of alkyl halides is 3. The Labute approximate surface area is 147 Å². The van der Waals surface area contributed by atoms with E-state index in [0.717, 1.165) is 0 Å². The number of nitrogens with one attached hydrogen (secondary N) is 1. The minimum absolute atomic E-state index is 0.0327. The molecule has 1 heterocycles. The van der Waals surface area contributed by atoms with E-state index in [2.05, 4.69) is 10.4 Å². The van der Waals surface area contributed by atoms with E-state index in [1.807, 2.05) is 13.8 Å². The molecule has 1 aromatic carbocycles. The number of carbonyl (C=O) groups excluding carboxylic acids is 1. The van der Waals surface area contributed by atoms with Crippen LogP contribution in [0.1, 0.15) is 42.7 Å². The van der Waals surface area contributed by atoms with Crippen LogP contribution < -0.4 is 5.32 Å². The molecule has 2 rings (SSSR count). The maximum atomic E-state index is 13.2. The van der Waals surface area contributed by atoms with Crippen LogP contribution in [0.4, 0.5) is 18.9 Å². The van der Waals surface area contributed by atoms with E-state index in [1.165, 1.54) is 24.3 Å². The molecule has 2 aromatic rings. The Hall–Kier alpha value is -2.84. The summed E-state index contributed by atoms with van der Waals surface area (Å²) in [6, 6.07) is 5.54. The minimum atomic E-state index is -4.88. The predicted octanol–water partition coefficient (Wildman–Crippen LogP) is 3.96. The summed E-state index contributed by atoms with van der Waals surface area (Å²) in [6.07, 6.45) is -2.86. The van der Waals surface area contributed by atoms with Gasteiger partial charge in [-0.2, -0.15) is 18.3 Å². The fourth-order valence-electron chi connectivity index (χ4n) is 2.56. The molecule has 0 fully saturated rings. The quantitative estimate of drug-likeness (QED) is 0.807. The molecule has 0 aliphatic rings. The SMILES string of the molecule is CCC(CC)C(=O)Nc1ccc(-n2ncc(C(=O)O)c2C(F)(F)F)cc1. The van der Waals surface area contributed by atoms with Crippen LogP contribution in [0, 0.1) is 5.92 Å². The number of rotatable bonds is 6. The molecule has 0 bridgehead atoms. The van der Waals surface area contributed by atoms with Gasteiger partial charge in [0.25, 0.3) is 0 Å². The van der Waals surface area contributed by atoms with Crippen molar-refractivity contribution in [2.75, 3.05) is 5.32 Å². The molecule has 0 atom stereocenters. The number of aromatic nitrogens is 2.